The molecule has 2 heterocycles. The van der Waals surface area contributed by atoms with Crippen LogP contribution in [0.4, 0.5) is 0 Å². The van der Waals surface area contributed by atoms with Crippen molar-refractivity contribution in [3.63, 3.8) is 0 Å². The Labute approximate surface area is 136 Å². The molecule has 3 rings (SSSR count). The summed E-state index contributed by atoms with van der Waals surface area (Å²) in [5, 5.41) is 9.92. The van der Waals surface area contributed by atoms with Gasteiger partial charge in [-0.05, 0) is 42.0 Å². The molecule has 0 saturated carbocycles. The monoisotopic (exact) mass is 317 g/mol. The van der Waals surface area contributed by atoms with Crippen molar-refractivity contribution >= 4 is 12.3 Å². The number of carbonyl (C=O) groups is 2. The van der Waals surface area contributed by atoms with Crippen LogP contribution in [0.15, 0.2) is 12.1 Å². The lowest BCUT2D eigenvalue weighted by Gasteiger charge is -2.43. The summed E-state index contributed by atoms with van der Waals surface area (Å²) in [5.74, 6) is 1.10. The molecule has 0 aromatic heterocycles. The fourth-order valence-corrected chi connectivity index (χ4v) is 3.89. The molecular weight excluding hydrogens is 294 g/mol. The van der Waals surface area contributed by atoms with Crippen LogP contribution >= 0.6 is 0 Å². The van der Waals surface area contributed by atoms with Gasteiger partial charge in [0.25, 0.3) is 6.47 Å². The van der Waals surface area contributed by atoms with E-state index < -0.39 is 0 Å². The van der Waals surface area contributed by atoms with E-state index in [9.17, 15) is 14.7 Å². The van der Waals surface area contributed by atoms with Crippen molar-refractivity contribution in [2.24, 2.45) is 11.8 Å². The molecule has 1 N–H and O–H groups in total. The van der Waals surface area contributed by atoms with Crippen molar-refractivity contribution in [2.75, 3.05) is 13.1 Å². The minimum absolute atomic E-state index is 0.0240. The van der Waals surface area contributed by atoms with E-state index in [-0.39, 0.29) is 23.5 Å². The number of hydrogen-bond acceptors (Lipinski definition) is 5. The number of phenols is 1. The molecule has 1 aromatic rings. The lowest BCUT2D eigenvalue weighted by molar-refractivity contribution is -0.129. The molecule has 0 radical (unpaired) electrons. The smallest absolute Gasteiger partial charge is 0.298 e. The van der Waals surface area contributed by atoms with E-state index in [0.717, 1.165) is 37.1 Å². The van der Waals surface area contributed by atoms with Crippen molar-refractivity contribution in [1.82, 2.24) is 4.90 Å². The molecule has 23 heavy (non-hydrogen) atoms. The average Bonchev–Trinajstić information content (AvgIpc) is 2.49. The Kier molecular flexibility index (Phi) is 4.39. The van der Waals surface area contributed by atoms with Crippen molar-refractivity contribution in [1.29, 1.82) is 0 Å². The second kappa shape index (κ2) is 6.32. The van der Waals surface area contributed by atoms with E-state index >= 15 is 0 Å². The van der Waals surface area contributed by atoms with Gasteiger partial charge in [0.15, 0.2) is 11.5 Å². The minimum Gasteiger partial charge on any atom is -0.504 e. The Hall–Kier alpha value is -1.88. The number of aromatic hydroxyl groups is 1. The first-order chi connectivity index (χ1) is 11.0. The van der Waals surface area contributed by atoms with E-state index in [2.05, 4.69) is 18.7 Å². The first kappa shape index (κ1) is 16.0. The van der Waals surface area contributed by atoms with E-state index in [4.69, 9.17) is 4.74 Å². The van der Waals surface area contributed by atoms with E-state index in [1.807, 2.05) is 0 Å². The normalized spacial score (nSPS) is 24.2. The van der Waals surface area contributed by atoms with Crippen molar-refractivity contribution in [3.8, 4) is 11.5 Å². The van der Waals surface area contributed by atoms with Gasteiger partial charge in [-0.2, -0.15) is 0 Å². The molecule has 0 bridgehead atoms. The molecule has 2 aliphatic heterocycles. The number of carbonyl (C=O) groups excluding carboxylic acids is 2. The average molecular weight is 317 g/mol. The summed E-state index contributed by atoms with van der Waals surface area (Å²) in [4.78, 5) is 25.4. The van der Waals surface area contributed by atoms with Crippen LogP contribution in [0.5, 0.6) is 11.5 Å². The first-order valence-electron chi connectivity index (χ1n) is 8.22. The summed E-state index contributed by atoms with van der Waals surface area (Å²) in [6, 6.07) is 3.41. The number of benzene rings is 1. The molecule has 5 heteroatoms. The molecule has 124 valence electrons. The molecule has 0 spiro atoms. The number of hydrogen-bond donors (Lipinski definition) is 1. The van der Waals surface area contributed by atoms with Crippen LogP contribution in [-0.4, -0.2) is 35.4 Å². The predicted octanol–water partition coefficient (Wildman–Crippen LogP) is 2.46. The van der Waals surface area contributed by atoms with Gasteiger partial charge in [-0.1, -0.05) is 13.8 Å². The SMILES string of the molecule is CC(C)CC1CN2CCc3cc(O)c(OC=O)cc3C2CC1=O. The third kappa shape index (κ3) is 3.11. The number of ketones is 1. The van der Waals surface area contributed by atoms with Crippen LogP contribution in [0.3, 0.4) is 0 Å². The highest BCUT2D eigenvalue weighted by Gasteiger charge is 2.38. The van der Waals surface area contributed by atoms with Gasteiger partial charge < -0.3 is 9.84 Å². The van der Waals surface area contributed by atoms with Gasteiger partial charge in [-0.15, -0.1) is 0 Å². The van der Waals surface area contributed by atoms with E-state index in [1.54, 1.807) is 12.1 Å². The predicted molar refractivity (Wildman–Crippen MR) is 85.4 cm³/mol. The van der Waals surface area contributed by atoms with Gasteiger partial charge in [-0.25, -0.2) is 0 Å². The quantitative estimate of drug-likeness (QED) is 0.864. The molecule has 5 nitrogen and oxygen atoms in total. The molecular formula is C18H23NO4. The molecule has 0 aliphatic carbocycles. The Morgan fingerprint density at radius 1 is 1.43 bits per heavy atom. The molecule has 1 saturated heterocycles. The fourth-order valence-electron chi connectivity index (χ4n) is 3.89. The van der Waals surface area contributed by atoms with Gasteiger partial charge in [-0.3, -0.25) is 14.5 Å². The highest BCUT2D eigenvalue weighted by atomic mass is 16.5. The molecule has 1 aromatic carbocycles. The number of ether oxygens (including phenoxy) is 1. The Morgan fingerprint density at radius 3 is 2.91 bits per heavy atom. The highest BCUT2D eigenvalue weighted by Crippen LogP contribution is 2.42. The number of Topliss-reactive ketones (excluding diaryl/α,β-unsaturated/α-hetero) is 1. The number of fused-ring (bicyclic) bond motifs is 3. The molecule has 0 amide bonds. The highest BCUT2D eigenvalue weighted by molar-refractivity contribution is 5.83. The first-order valence-corrected chi connectivity index (χ1v) is 8.22. The summed E-state index contributed by atoms with van der Waals surface area (Å²) in [6.45, 7) is 6.30. The number of rotatable bonds is 4. The zero-order valence-corrected chi connectivity index (χ0v) is 13.6. The van der Waals surface area contributed by atoms with E-state index in [1.165, 1.54) is 0 Å². The van der Waals surface area contributed by atoms with Crippen molar-refractivity contribution in [3.05, 3.63) is 23.3 Å². The Bertz CT molecular complexity index is 626. The van der Waals surface area contributed by atoms with Crippen LogP contribution in [0.2, 0.25) is 0 Å². The van der Waals surface area contributed by atoms with Crippen molar-refractivity contribution < 1.29 is 19.4 Å². The van der Waals surface area contributed by atoms with Crippen LogP contribution in [-0.2, 0) is 16.0 Å². The maximum absolute atomic E-state index is 12.5. The van der Waals surface area contributed by atoms with Crippen LogP contribution in [0.25, 0.3) is 0 Å². The lowest BCUT2D eigenvalue weighted by Crippen LogP contribution is -2.46. The summed E-state index contributed by atoms with van der Waals surface area (Å²) in [5.41, 5.74) is 2.04. The van der Waals surface area contributed by atoms with Crippen molar-refractivity contribution in [2.45, 2.75) is 39.2 Å². The number of nitrogens with zero attached hydrogens (tertiary/aromatic N) is 1. The molecule has 2 aliphatic rings. The zero-order valence-electron chi connectivity index (χ0n) is 13.6. The number of piperidine rings is 1. The number of phenolic OH excluding ortho intramolecular Hbond substituents is 1. The largest absolute Gasteiger partial charge is 0.504 e. The second-order valence-electron chi connectivity index (χ2n) is 6.99. The van der Waals surface area contributed by atoms with Gasteiger partial charge in [0, 0.05) is 31.5 Å². The lowest BCUT2D eigenvalue weighted by atomic mass is 9.80. The van der Waals surface area contributed by atoms with Gasteiger partial charge in [0.1, 0.15) is 5.78 Å². The molecule has 2 atom stereocenters. The third-order valence-corrected chi connectivity index (χ3v) is 4.92. The summed E-state index contributed by atoms with van der Waals surface area (Å²) < 4.78 is 4.85. The molecule has 2 unspecified atom stereocenters. The van der Waals surface area contributed by atoms with Crippen LogP contribution in [0, 0.1) is 11.8 Å². The fraction of sp³-hybridized carbons (Fsp3) is 0.556. The van der Waals surface area contributed by atoms with Gasteiger partial charge in [0.05, 0.1) is 0 Å². The summed E-state index contributed by atoms with van der Waals surface area (Å²) in [6.07, 6.45) is 2.27. The van der Waals surface area contributed by atoms with Crippen LogP contribution in [0.1, 0.15) is 43.9 Å². The van der Waals surface area contributed by atoms with Crippen LogP contribution < -0.4 is 4.74 Å². The summed E-state index contributed by atoms with van der Waals surface area (Å²) in [7, 11) is 0. The standard InChI is InChI=1S/C18H23NO4/c1-11(2)5-13-9-19-4-3-12-6-17(22)18(23-10-20)7-14(12)15(19)8-16(13)21/h6-7,10-11,13,15,22H,3-5,8-9H2,1-2H3. The Morgan fingerprint density at radius 2 is 2.22 bits per heavy atom. The van der Waals surface area contributed by atoms with Gasteiger partial charge in [0.2, 0.25) is 0 Å². The molecule has 1 fully saturated rings. The minimum atomic E-state index is -0.0240. The van der Waals surface area contributed by atoms with E-state index in [0.29, 0.717) is 24.6 Å². The second-order valence-corrected chi connectivity index (χ2v) is 6.99. The summed E-state index contributed by atoms with van der Waals surface area (Å²) >= 11 is 0. The third-order valence-electron chi connectivity index (χ3n) is 4.92. The maximum atomic E-state index is 12.5. The maximum Gasteiger partial charge on any atom is 0.298 e. The zero-order chi connectivity index (χ0) is 16.6. The van der Waals surface area contributed by atoms with Gasteiger partial charge >= 0.3 is 0 Å². The topological polar surface area (TPSA) is 66.8 Å². The Balaban J connectivity index is 1.88.